The number of Topliss-reactive ketones (excluding diaryl/α,β-unsaturated/α-hetero) is 1. The molecule has 1 aliphatic rings. The van der Waals surface area contributed by atoms with Gasteiger partial charge < -0.3 is 9.80 Å². The van der Waals surface area contributed by atoms with Crippen LogP contribution in [0.2, 0.25) is 0 Å². The molecule has 104 valence electrons. The van der Waals surface area contributed by atoms with Gasteiger partial charge in [-0.25, -0.2) is 0 Å². The monoisotopic (exact) mass is 261 g/mol. The Morgan fingerprint density at radius 2 is 2.16 bits per heavy atom. The highest BCUT2D eigenvalue weighted by molar-refractivity contribution is 5.94. The predicted molar refractivity (Wildman–Crippen MR) is 77.7 cm³/mol. The van der Waals surface area contributed by atoms with Crippen LogP contribution in [0.1, 0.15) is 30.8 Å². The third-order valence-corrected chi connectivity index (χ3v) is 3.96. The van der Waals surface area contributed by atoms with E-state index in [1.165, 1.54) is 0 Å². The molecule has 0 bridgehead atoms. The van der Waals surface area contributed by atoms with E-state index >= 15 is 0 Å². The van der Waals surface area contributed by atoms with Crippen LogP contribution in [0.25, 0.3) is 0 Å². The number of pyridine rings is 1. The normalized spacial score (nSPS) is 23.1. The second-order valence-electron chi connectivity index (χ2n) is 5.59. The van der Waals surface area contributed by atoms with Crippen molar-refractivity contribution in [3.63, 3.8) is 0 Å². The highest BCUT2D eigenvalue weighted by atomic mass is 16.1. The smallest absolute Gasteiger partial charge is 0.180 e. The zero-order valence-corrected chi connectivity index (χ0v) is 12.3. The molecule has 2 unspecified atom stereocenters. The van der Waals surface area contributed by atoms with Crippen LogP contribution in [0.15, 0.2) is 18.3 Å². The molecule has 0 N–H and O–H groups in total. The minimum Gasteiger partial charge on any atom is -0.368 e. The molecule has 4 heteroatoms. The molecule has 2 atom stereocenters. The van der Waals surface area contributed by atoms with Gasteiger partial charge in [-0.15, -0.1) is 0 Å². The fourth-order valence-corrected chi connectivity index (χ4v) is 2.75. The van der Waals surface area contributed by atoms with Crippen LogP contribution in [0.5, 0.6) is 0 Å². The third-order valence-electron chi connectivity index (χ3n) is 3.96. The molecule has 0 aliphatic carbocycles. The second-order valence-corrected chi connectivity index (χ2v) is 5.59. The maximum atomic E-state index is 11.6. The Kier molecular flexibility index (Phi) is 4.20. The van der Waals surface area contributed by atoms with Crippen molar-refractivity contribution in [1.82, 2.24) is 9.88 Å². The van der Waals surface area contributed by atoms with Crippen molar-refractivity contribution in [2.45, 2.75) is 26.3 Å². The van der Waals surface area contributed by atoms with Crippen LogP contribution in [0.4, 0.5) is 5.69 Å². The lowest BCUT2D eigenvalue weighted by Crippen LogP contribution is -2.34. The summed E-state index contributed by atoms with van der Waals surface area (Å²) in [6.07, 6.45) is 2.34. The molecule has 19 heavy (non-hydrogen) atoms. The molecule has 4 nitrogen and oxygen atoms in total. The van der Waals surface area contributed by atoms with Gasteiger partial charge in [0.1, 0.15) is 5.69 Å². The Hall–Kier alpha value is -1.42. The van der Waals surface area contributed by atoms with E-state index in [1.807, 2.05) is 25.3 Å². The number of carbonyl (C=O) groups excluding carboxylic acids is 1. The van der Waals surface area contributed by atoms with Gasteiger partial charge in [0.05, 0.1) is 11.9 Å². The number of hydrogen-bond donors (Lipinski definition) is 0. The van der Waals surface area contributed by atoms with E-state index in [-0.39, 0.29) is 5.78 Å². The van der Waals surface area contributed by atoms with Crippen LogP contribution in [-0.4, -0.2) is 48.9 Å². The van der Waals surface area contributed by atoms with Crippen LogP contribution in [0.3, 0.4) is 0 Å². The van der Waals surface area contributed by atoms with E-state index in [9.17, 15) is 4.79 Å². The second kappa shape index (κ2) is 5.70. The van der Waals surface area contributed by atoms with Crippen molar-refractivity contribution in [1.29, 1.82) is 0 Å². The number of anilines is 1. The van der Waals surface area contributed by atoms with Gasteiger partial charge >= 0.3 is 0 Å². The lowest BCUT2D eigenvalue weighted by molar-refractivity contribution is 0.0983. The number of rotatable bonds is 4. The molecule has 0 aromatic carbocycles. The Labute approximate surface area is 115 Å². The molecule has 0 spiro atoms. The van der Waals surface area contributed by atoms with Gasteiger partial charge in [-0.2, -0.15) is 0 Å². The van der Waals surface area contributed by atoms with E-state index < -0.39 is 0 Å². The van der Waals surface area contributed by atoms with E-state index in [1.54, 1.807) is 0 Å². The first-order valence-corrected chi connectivity index (χ1v) is 6.93. The van der Waals surface area contributed by atoms with Crippen LogP contribution >= 0.6 is 0 Å². The van der Waals surface area contributed by atoms with E-state index in [0.29, 0.717) is 24.1 Å². The van der Waals surface area contributed by atoms with Crippen LogP contribution < -0.4 is 4.90 Å². The first-order chi connectivity index (χ1) is 9.02. The summed E-state index contributed by atoms with van der Waals surface area (Å²) >= 11 is 0. The largest absolute Gasteiger partial charge is 0.368 e. The number of carbonyl (C=O) groups is 1. The van der Waals surface area contributed by atoms with E-state index in [0.717, 1.165) is 18.8 Å². The van der Waals surface area contributed by atoms with Crippen LogP contribution in [0, 0.1) is 5.92 Å². The van der Waals surface area contributed by atoms with Gasteiger partial charge in [-0.05, 0) is 32.1 Å². The summed E-state index contributed by atoms with van der Waals surface area (Å²) in [6, 6.07) is 4.44. The third kappa shape index (κ3) is 2.95. The van der Waals surface area contributed by atoms with Crippen molar-refractivity contribution in [3.8, 4) is 0 Å². The number of likely N-dealkylation sites (N-methyl/N-ethyl adjacent to an activating group) is 1. The predicted octanol–water partition coefficient (Wildman–Crippen LogP) is 2.06. The number of nitrogens with zero attached hydrogens (tertiary/aromatic N) is 3. The summed E-state index contributed by atoms with van der Waals surface area (Å²) in [5.74, 6) is 0.749. The average molecular weight is 261 g/mol. The fraction of sp³-hybridized carbons (Fsp3) is 0.600. The molecule has 1 aliphatic heterocycles. The van der Waals surface area contributed by atoms with Crippen molar-refractivity contribution >= 4 is 11.5 Å². The first-order valence-electron chi connectivity index (χ1n) is 6.93. The molecule has 1 aromatic rings. The van der Waals surface area contributed by atoms with Crippen molar-refractivity contribution in [2.75, 3.05) is 32.1 Å². The number of aromatic nitrogens is 1. The molecule has 0 saturated carbocycles. The summed E-state index contributed by atoms with van der Waals surface area (Å²) in [5, 5.41) is 0. The van der Waals surface area contributed by atoms with Gasteiger partial charge in [0.15, 0.2) is 5.78 Å². The average Bonchev–Trinajstić information content (AvgIpc) is 2.80. The zero-order chi connectivity index (χ0) is 14.0. The molecular weight excluding hydrogens is 238 g/mol. The number of hydrogen-bond acceptors (Lipinski definition) is 4. The minimum atomic E-state index is 0.104. The summed E-state index contributed by atoms with van der Waals surface area (Å²) in [4.78, 5) is 20.5. The summed E-state index contributed by atoms with van der Waals surface area (Å²) in [6.45, 7) is 6.22. The molecule has 2 rings (SSSR count). The van der Waals surface area contributed by atoms with Crippen molar-refractivity contribution in [2.24, 2.45) is 5.92 Å². The topological polar surface area (TPSA) is 36.4 Å². The first kappa shape index (κ1) is 14.0. The minimum absolute atomic E-state index is 0.104. The maximum absolute atomic E-state index is 11.6. The quantitative estimate of drug-likeness (QED) is 0.777. The summed E-state index contributed by atoms with van der Waals surface area (Å²) in [5.41, 5.74) is 1.69. The van der Waals surface area contributed by atoms with E-state index in [4.69, 9.17) is 0 Å². The van der Waals surface area contributed by atoms with Crippen LogP contribution in [-0.2, 0) is 0 Å². The lowest BCUT2D eigenvalue weighted by atomic mass is 10.1. The van der Waals surface area contributed by atoms with Gasteiger partial charge in [0.2, 0.25) is 0 Å². The lowest BCUT2D eigenvalue weighted by Gasteiger charge is -2.22. The number of ketones is 1. The Morgan fingerprint density at radius 3 is 2.63 bits per heavy atom. The summed E-state index contributed by atoms with van der Waals surface area (Å²) in [7, 11) is 4.26. The molecule has 0 amide bonds. The van der Waals surface area contributed by atoms with Gasteiger partial charge in [0, 0.05) is 25.6 Å². The molecule has 1 saturated heterocycles. The molecule has 0 radical (unpaired) electrons. The maximum Gasteiger partial charge on any atom is 0.180 e. The summed E-state index contributed by atoms with van der Waals surface area (Å²) < 4.78 is 0. The van der Waals surface area contributed by atoms with Crippen molar-refractivity contribution < 1.29 is 4.79 Å². The Balaban J connectivity index is 2.09. The standard InChI is InChI=1S/C15H23N3O/c1-5-15(19)13-7-6-12(8-16-13)18-9-11(2)14(10-18)17(3)4/h6-8,11,14H,5,9-10H2,1-4H3. The van der Waals surface area contributed by atoms with E-state index in [2.05, 4.69) is 35.8 Å². The van der Waals surface area contributed by atoms with Gasteiger partial charge in [0.25, 0.3) is 0 Å². The van der Waals surface area contributed by atoms with Crippen molar-refractivity contribution in [3.05, 3.63) is 24.0 Å². The van der Waals surface area contributed by atoms with Gasteiger partial charge in [-0.3, -0.25) is 9.78 Å². The highest BCUT2D eigenvalue weighted by Gasteiger charge is 2.31. The fourth-order valence-electron chi connectivity index (χ4n) is 2.75. The molecule has 1 aromatic heterocycles. The highest BCUT2D eigenvalue weighted by Crippen LogP contribution is 2.25. The zero-order valence-electron chi connectivity index (χ0n) is 12.3. The van der Waals surface area contributed by atoms with Gasteiger partial charge in [-0.1, -0.05) is 13.8 Å². The Bertz CT molecular complexity index is 441. The molecule has 1 fully saturated rings. The molecule has 2 heterocycles. The Morgan fingerprint density at radius 1 is 1.42 bits per heavy atom. The SMILES string of the molecule is CCC(=O)c1ccc(N2CC(C)C(N(C)C)C2)cn1. The molecular formula is C15H23N3O.